The van der Waals surface area contributed by atoms with Gasteiger partial charge in [-0.05, 0) is 61.9 Å². The zero-order chi connectivity index (χ0) is 31.6. The molecule has 0 unspecified atom stereocenters. The van der Waals surface area contributed by atoms with Crippen molar-refractivity contribution in [1.82, 2.24) is 15.0 Å². The van der Waals surface area contributed by atoms with Gasteiger partial charge < -0.3 is 4.98 Å². The van der Waals surface area contributed by atoms with Gasteiger partial charge in [0.05, 0.1) is 5.69 Å². The topological polar surface area (TPSA) is 39.9 Å². The van der Waals surface area contributed by atoms with E-state index >= 15 is 0 Å². The van der Waals surface area contributed by atoms with Crippen molar-refractivity contribution in [1.29, 1.82) is 0 Å². The van der Waals surface area contributed by atoms with E-state index in [9.17, 15) is 4.39 Å². The molecule has 3 aromatic carbocycles. The van der Waals surface area contributed by atoms with Crippen molar-refractivity contribution in [2.24, 2.45) is 0 Å². The van der Waals surface area contributed by atoms with E-state index in [4.69, 9.17) is 9.97 Å². The third-order valence-electron chi connectivity index (χ3n) is 8.42. The molecule has 5 heteroatoms. The Kier molecular flexibility index (Phi) is 8.47. The largest absolute Gasteiger partial charge is 2.00 e. The Morgan fingerprint density at radius 3 is 1.69 bits per heavy atom. The average molecular weight is 777 g/mol. The first-order valence-electron chi connectivity index (χ1n) is 15.3. The van der Waals surface area contributed by atoms with Gasteiger partial charge >= 0.3 is 21.1 Å². The fourth-order valence-corrected chi connectivity index (χ4v) is 5.67. The van der Waals surface area contributed by atoms with E-state index in [1.54, 1.807) is 6.07 Å². The number of aromatic nitrogens is 3. The van der Waals surface area contributed by atoms with E-state index in [1.807, 2.05) is 24.4 Å². The Morgan fingerprint density at radius 2 is 1.13 bits per heavy atom. The standard InChI is InChI=1S/C40H40FN3.Pt/c1-38(2,3)26-18-24(17-25(19-26)33-14-12-15-35(41)43-33)29-20-27(39(4,5)6)21-30-31-22-28(40(7,8)9)23-32(37(31)44-36(29)30)34-13-10-11-16-42-34;/h10-16,18-23H,1-9H3;/q-2;+2. The first-order chi connectivity index (χ1) is 20.6. The predicted octanol–water partition coefficient (Wildman–Crippen LogP) is 10.6. The summed E-state index contributed by atoms with van der Waals surface area (Å²) in [4.78, 5) is 14.3. The molecule has 6 rings (SSSR count). The minimum atomic E-state index is -0.503. The Hall–Kier alpha value is -3.62. The summed E-state index contributed by atoms with van der Waals surface area (Å²) in [6, 6.07) is 28.0. The number of nitrogens with zero attached hydrogens (tertiary/aromatic N) is 3. The third-order valence-corrected chi connectivity index (χ3v) is 8.42. The van der Waals surface area contributed by atoms with E-state index in [2.05, 4.69) is 116 Å². The van der Waals surface area contributed by atoms with Gasteiger partial charge in [0.25, 0.3) is 0 Å². The number of rotatable bonds is 3. The van der Waals surface area contributed by atoms with Crippen molar-refractivity contribution in [3.05, 3.63) is 108 Å². The first kappa shape index (κ1) is 32.8. The molecule has 0 fully saturated rings. The Labute approximate surface area is 281 Å². The van der Waals surface area contributed by atoms with Crippen LogP contribution in [0.4, 0.5) is 4.39 Å². The molecule has 0 aliphatic rings. The number of halogens is 1. The zero-order valence-corrected chi connectivity index (χ0v) is 29.8. The Balaban J connectivity index is 0.00000400. The molecule has 0 atom stereocenters. The molecule has 0 N–H and O–H groups in total. The van der Waals surface area contributed by atoms with Crippen LogP contribution >= 0.6 is 0 Å². The number of hydrogen-bond donors (Lipinski definition) is 0. The molecule has 0 saturated heterocycles. The van der Waals surface area contributed by atoms with Gasteiger partial charge in [-0.25, -0.2) is 0 Å². The second-order valence-electron chi connectivity index (χ2n) is 15.0. The fourth-order valence-electron chi connectivity index (χ4n) is 5.67. The van der Waals surface area contributed by atoms with Gasteiger partial charge in [-0.2, -0.15) is 9.91 Å². The molecule has 3 nitrogen and oxygen atoms in total. The summed E-state index contributed by atoms with van der Waals surface area (Å²) in [5.41, 5.74) is 10.3. The molecule has 0 spiro atoms. The number of benzene rings is 3. The van der Waals surface area contributed by atoms with Crippen LogP contribution in [-0.4, -0.2) is 9.97 Å². The minimum absolute atomic E-state index is 0. The van der Waals surface area contributed by atoms with Crippen LogP contribution in [0.3, 0.4) is 0 Å². The maximum atomic E-state index is 14.3. The van der Waals surface area contributed by atoms with E-state index in [-0.39, 0.29) is 37.3 Å². The van der Waals surface area contributed by atoms with Crippen LogP contribution in [0.1, 0.15) is 79.0 Å². The van der Waals surface area contributed by atoms with Crippen LogP contribution in [0.5, 0.6) is 0 Å². The molecule has 0 bridgehead atoms. The van der Waals surface area contributed by atoms with Gasteiger partial charge in [-0.15, -0.1) is 34.8 Å². The van der Waals surface area contributed by atoms with Crippen LogP contribution in [0, 0.1) is 12.0 Å². The SMILES string of the molecule is CC(C)(C)c1cc(-c2cccc(F)n2)[c-]c(-c2cc(C(C)(C)C)cc3c2[n-]c2c(-c4ccccn4)cc(C(C)(C)C)cc23)c1.[Pt+2]. The predicted molar refractivity (Wildman–Crippen MR) is 182 cm³/mol. The number of pyridine rings is 2. The second-order valence-corrected chi connectivity index (χ2v) is 15.0. The quantitative estimate of drug-likeness (QED) is 0.133. The first-order valence-corrected chi connectivity index (χ1v) is 15.3. The van der Waals surface area contributed by atoms with E-state index < -0.39 is 5.95 Å². The summed E-state index contributed by atoms with van der Waals surface area (Å²) in [7, 11) is 0. The van der Waals surface area contributed by atoms with E-state index in [1.165, 1.54) is 17.2 Å². The molecule has 0 radical (unpaired) electrons. The molecule has 0 aliphatic carbocycles. The summed E-state index contributed by atoms with van der Waals surface area (Å²) in [6.45, 7) is 20.0. The fraction of sp³-hybridized carbons (Fsp3) is 0.300. The maximum Gasteiger partial charge on any atom is 2.00 e. The normalized spacial score (nSPS) is 12.5. The van der Waals surface area contributed by atoms with E-state index in [0.29, 0.717) is 5.69 Å². The third kappa shape index (κ3) is 6.40. The average Bonchev–Trinajstić information content (AvgIpc) is 3.34. The monoisotopic (exact) mass is 776 g/mol. The smallest absolute Gasteiger partial charge is 0.662 e. The van der Waals surface area contributed by atoms with Crippen molar-refractivity contribution < 1.29 is 25.5 Å². The van der Waals surface area contributed by atoms with Crippen molar-refractivity contribution in [2.75, 3.05) is 0 Å². The Morgan fingerprint density at radius 1 is 0.600 bits per heavy atom. The van der Waals surface area contributed by atoms with Crippen LogP contribution in [0.15, 0.2) is 79.0 Å². The molecule has 0 amide bonds. The second kappa shape index (κ2) is 11.6. The number of hydrogen-bond acceptors (Lipinski definition) is 2. The van der Waals surface area contributed by atoms with Crippen molar-refractivity contribution >= 4 is 21.8 Å². The molecule has 45 heavy (non-hydrogen) atoms. The van der Waals surface area contributed by atoms with Crippen molar-refractivity contribution in [3.8, 4) is 33.6 Å². The minimum Gasteiger partial charge on any atom is -0.662 e. The van der Waals surface area contributed by atoms with Gasteiger partial charge in [-0.3, -0.25) is 9.97 Å². The number of fused-ring (bicyclic) bond motifs is 3. The summed E-state index contributed by atoms with van der Waals surface area (Å²) in [5, 5.41) is 2.24. The van der Waals surface area contributed by atoms with Crippen molar-refractivity contribution in [2.45, 2.75) is 78.6 Å². The van der Waals surface area contributed by atoms with Crippen LogP contribution in [0.2, 0.25) is 0 Å². The van der Waals surface area contributed by atoms with Gasteiger partial charge in [0.1, 0.15) is 0 Å². The molecular formula is C40H40FN3Pt. The molecule has 6 aromatic rings. The molecule has 3 heterocycles. The maximum absolute atomic E-state index is 14.3. The molecule has 232 valence electrons. The summed E-state index contributed by atoms with van der Waals surface area (Å²) in [5.74, 6) is -0.503. The van der Waals surface area contributed by atoms with Gasteiger partial charge in [0.15, 0.2) is 0 Å². The molecule has 0 saturated carbocycles. The van der Waals surface area contributed by atoms with Crippen LogP contribution in [0.25, 0.3) is 55.4 Å². The summed E-state index contributed by atoms with van der Waals surface area (Å²) >= 11 is 0. The Bertz CT molecular complexity index is 2020. The van der Waals surface area contributed by atoms with Crippen LogP contribution < -0.4 is 4.98 Å². The van der Waals surface area contributed by atoms with Crippen LogP contribution in [-0.2, 0) is 37.3 Å². The zero-order valence-electron chi connectivity index (χ0n) is 27.5. The molecule has 0 aliphatic heterocycles. The summed E-state index contributed by atoms with van der Waals surface area (Å²) in [6.07, 6.45) is 1.84. The van der Waals surface area contributed by atoms with E-state index in [0.717, 1.165) is 55.3 Å². The van der Waals surface area contributed by atoms with Gasteiger partial charge in [-0.1, -0.05) is 116 Å². The van der Waals surface area contributed by atoms with Gasteiger partial charge in [0.2, 0.25) is 5.95 Å². The molecule has 3 aromatic heterocycles. The molecular weight excluding hydrogens is 737 g/mol. The summed E-state index contributed by atoms with van der Waals surface area (Å²) < 4.78 is 14.3. The van der Waals surface area contributed by atoms with Gasteiger partial charge in [0, 0.05) is 11.9 Å². The van der Waals surface area contributed by atoms with Crippen molar-refractivity contribution in [3.63, 3.8) is 0 Å².